The summed E-state index contributed by atoms with van der Waals surface area (Å²) in [5.41, 5.74) is 8.11. The molecule has 0 radical (unpaired) electrons. The summed E-state index contributed by atoms with van der Waals surface area (Å²) in [6.07, 6.45) is 0. The number of nitrogens with two attached hydrogens (primary N) is 1. The lowest BCUT2D eigenvalue weighted by molar-refractivity contribution is 0.0179. The summed E-state index contributed by atoms with van der Waals surface area (Å²) in [5.74, 6) is 1.84. The second-order valence-corrected chi connectivity index (χ2v) is 6.32. The van der Waals surface area contributed by atoms with E-state index in [9.17, 15) is 0 Å². The van der Waals surface area contributed by atoms with Crippen LogP contribution in [0.4, 0.5) is 0 Å². The number of halogens is 1. The largest absolute Gasteiger partial charge is 0.493 e. The van der Waals surface area contributed by atoms with Crippen LogP contribution in [0, 0.1) is 0 Å². The molecule has 27 heavy (non-hydrogen) atoms. The SMILES string of the molecule is C=C(C)CNC(N)=NCC(c1ccc(OC)c(OC)c1)N1CCOCC1.I. The van der Waals surface area contributed by atoms with Crippen LogP contribution in [-0.4, -0.2) is 64.5 Å². The van der Waals surface area contributed by atoms with Gasteiger partial charge in [-0.2, -0.15) is 0 Å². The highest BCUT2D eigenvalue weighted by atomic mass is 127. The Balaban J connectivity index is 0.00000364. The van der Waals surface area contributed by atoms with Crippen molar-refractivity contribution in [2.45, 2.75) is 13.0 Å². The number of morpholine rings is 1. The topological polar surface area (TPSA) is 81.3 Å². The zero-order valence-corrected chi connectivity index (χ0v) is 18.7. The third-order valence-electron chi connectivity index (χ3n) is 4.28. The molecule has 1 aliphatic heterocycles. The Morgan fingerprint density at radius 3 is 2.56 bits per heavy atom. The van der Waals surface area contributed by atoms with Crippen molar-refractivity contribution in [2.75, 3.05) is 53.6 Å². The molecule has 1 aliphatic rings. The molecule has 0 aromatic heterocycles. The molecule has 1 saturated heterocycles. The van der Waals surface area contributed by atoms with Gasteiger partial charge >= 0.3 is 0 Å². The molecule has 1 heterocycles. The quantitative estimate of drug-likeness (QED) is 0.252. The highest BCUT2D eigenvalue weighted by Gasteiger charge is 2.23. The molecule has 0 bridgehead atoms. The number of aliphatic imine (C=N–C) groups is 1. The molecular weight excluding hydrogens is 459 g/mol. The molecule has 1 unspecified atom stereocenters. The van der Waals surface area contributed by atoms with Crippen molar-refractivity contribution in [3.05, 3.63) is 35.9 Å². The normalized spacial score (nSPS) is 16.2. The van der Waals surface area contributed by atoms with Crippen molar-refractivity contribution in [3.8, 4) is 11.5 Å². The molecular formula is C19H31IN4O3. The smallest absolute Gasteiger partial charge is 0.188 e. The first-order chi connectivity index (χ1) is 12.5. The van der Waals surface area contributed by atoms with Crippen molar-refractivity contribution in [3.63, 3.8) is 0 Å². The summed E-state index contributed by atoms with van der Waals surface area (Å²) in [4.78, 5) is 6.90. The fourth-order valence-corrected chi connectivity index (χ4v) is 2.86. The maximum Gasteiger partial charge on any atom is 0.188 e. The number of rotatable bonds is 8. The Labute approximate surface area is 179 Å². The lowest BCUT2D eigenvalue weighted by Gasteiger charge is -2.34. The van der Waals surface area contributed by atoms with Gasteiger partial charge in [-0.05, 0) is 24.6 Å². The van der Waals surface area contributed by atoms with Gasteiger partial charge < -0.3 is 25.3 Å². The van der Waals surface area contributed by atoms with E-state index in [0.29, 0.717) is 30.5 Å². The third-order valence-corrected chi connectivity index (χ3v) is 4.28. The first kappa shape index (κ1) is 23.5. The van der Waals surface area contributed by atoms with Crippen LogP contribution < -0.4 is 20.5 Å². The molecule has 152 valence electrons. The van der Waals surface area contributed by atoms with Crippen LogP contribution in [0.5, 0.6) is 11.5 Å². The molecule has 3 N–H and O–H groups in total. The maximum absolute atomic E-state index is 5.99. The zero-order chi connectivity index (χ0) is 18.9. The highest BCUT2D eigenvalue weighted by molar-refractivity contribution is 14.0. The van der Waals surface area contributed by atoms with E-state index in [-0.39, 0.29) is 30.0 Å². The molecule has 7 nitrogen and oxygen atoms in total. The Morgan fingerprint density at radius 1 is 1.30 bits per heavy atom. The fraction of sp³-hybridized carbons (Fsp3) is 0.526. The summed E-state index contributed by atoms with van der Waals surface area (Å²) in [5, 5.41) is 3.07. The second kappa shape index (κ2) is 12.0. The number of nitrogens with zero attached hydrogens (tertiary/aromatic N) is 2. The molecule has 1 fully saturated rings. The summed E-state index contributed by atoms with van der Waals surface area (Å²) in [6.45, 7) is 10.1. The molecule has 8 heteroatoms. The van der Waals surface area contributed by atoms with Gasteiger partial charge in [0.1, 0.15) is 0 Å². The minimum Gasteiger partial charge on any atom is -0.493 e. The molecule has 0 aliphatic carbocycles. The van der Waals surface area contributed by atoms with Crippen molar-refractivity contribution in [2.24, 2.45) is 10.7 Å². The average Bonchev–Trinajstić information content (AvgIpc) is 2.67. The lowest BCUT2D eigenvalue weighted by Crippen LogP contribution is -2.41. The number of benzene rings is 1. The van der Waals surface area contributed by atoms with E-state index in [1.165, 1.54) is 0 Å². The Kier molecular flexibility index (Phi) is 10.5. The van der Waals surface area contributed by atoms with Crippen LogP contribution in [0.2, 0.25) is 0 Å². The molecule has 1 aromatic rings. The highest BCUT2D eigenvalue weighted by Crippen LogP contribution is 2.32. The number of methoxy groups -OCH3 is 2. The van der Waals surface area contributed by atoms with Crippen LogP contribution in [0.25, 0.3) is 0 Å². The van der Waals surface area contributed by atoms with Crippen LogP contribution in [0.3, 0.4) is 0 Å². The average molecular weight is 490 g/mol. The standard InChI is InChI=1S/C19H30N4O3.HI/c1-14(2)12-21-19(20)22-13-16(23-7-9-26-10-8-23)15-5-6-17(24-3)18(11-15)25-4;/h5-6,11,16H,1,7-10,12-13H2,2-4H3,(H3,20,21,22);1H. The van der Waals surface area contributed by atoms with E-state index < -0.39 is 0 Å². The predicted octanol–water partition coefficient (Wildman–Crippen LogP) is 2.18. The molecule has 2 rings (SSSR count). The minimum absolute atomic E-state index is 0. The van der Waals surface area contributed by atoms with E-state index in [2.05, 4.69) is 27.9 Å². The molecule has 0 spiro atoms. The number of guanidine groups is 1. The van der Waals surface area contributed by atoms with E-state index in [1.807, 2.05) is 19.1 Å². The molecule has 1 aromatic carbocycles. The third kappa shape index (κ3) is 7.19. The monoisotopic (exact) mass is 490 g/mol. The summed E-state index contributed by atoms with van der Waals surface area (Å²) < 4.78 is 16.3. The summed E-state index contributed by atoms with van der Waals surface area (Å²) in [7, 11) is 3.28. The first-order valence-corrected chi connectivity index (χ1v) is 8.77. The minimum atomic E-state index is 0. The van der Waals surface area contributed by atoms with E-state index >= 15 is 0 Å². The van der Waals surface area contributed by atoms with Crippen LogP contribution in [-0.2, 0) is 4.74 Å². The van der Waals surface area contributed by atoms with Crippen molar-refractivity contribution in [1.82, 2.24) is 10.2 Å². The number of hydrogen-bond acceptors (Lipinski definition) is 5. The van der Waals surface area contributed by atoms with Gasteiger partial charge in [0.25, 0.3) is 0 Å². The molecule has 0 amide bonds. The van der Waals surface area contributed by atoms with Crippen LogP contribution >= 0.6 is 24.0 Å². The van der Waals surface area contributed by atoms with Gasteiger partial charge in [-0.1, -0.05) is 18.2 Å². The Morgan fingerprint density at radius 2 is 1.96 bits per heavy atom. The van der Waals surface area contributed by atoms with Gasteiger partial charge in [0, 0.05) is 19.6 Å². The number of ether oxygens (including phenoxy) is 3. The van der Waals surface area contributed by atoms with Gasteiger partial charge in [-0.25, -0.2) is 0 Å². The van der Waals surface area contributed by atoms with Crippen LogP contribution in [0.1, 0.15) is 18.5 Å². The van der Waals surface area contributed by atoms with Gasteiger partial charge in [0.2, 0.25) is 0 Å². The van der Waals surface area contributed by atoms with Gasteiger partial charge in [0.05, 0.1) is 40.0 Å². The van der Waals surface area contributed by atoms with Gasteiger partial charge in [0.15, 0.2) is 17.5 Å². The molecule has 0 saturated carbocycles. The van der Waals surface area contributed by atoms with E-state index in [1.54, 1.807) is 14.2 Å². The van der Waals surface area contributed by atoms with Gasteiger partial charge in [-0.3, -0.25) is 9.89 Å². The summed E-state index contributed by atoms with van der Waals surface area (Å²) >= 11 is 0. The first-order valence-electron chi connectivity index (χ1n) is 8.77. The number of hydrogen-bond donors (Lipinski definition) is 2. The van der Waals surface area contributed by atoms with E-state index in [4.69, 9.17) is 19.9 Å². The van der Waals surface area contributed by atoms with Crippen molar-refractivity contribution < 1.29 is 14.2 Å². The fourth-order valence-electron chi connectivity index (χ4n) is 2.86. The van der Waals surface area contributed by atoms with Crippen molar-refractivity contribution >= 4 is 29.9 Å². The van der Waals surface area contributed by atoms with E-state index in [0.717, 1.165) is 37.4 Å². The maximum atomic E-state index is 5.99. The van der Waals surface area contributed by atoms with Crippen molar-refractivity contribution in [1.29, 1.82) is 0 Å². The number of nitrogens with one attached hydrogen (secondary N) is 1. The summed E-state index contributed by atoms with van der Waals surface area (Å²) in [6, 6.07) is 6.07. The Hall–Kier alpha value is -1.52. The van der Waals surface area contributed by atoms with Crippen LogP contribution in [0.15, 0.2) is 35.3 Å². The zero-order valence-electron chi connectivity index (χ0n) is 16.4. The Bertz CT molecular complexity index is 633. The lowest BCUT2D eigenvalue weighted by atomic mass is 10.0. The molecule has 1 atom stereocenters. The predicted molar refractivity (Wildman–Crippen MR) is 119 cm³/mol. The van der Waals surface area contributed by atoms with Gasteiger partial charge in [-0.15, -0.1) is 24.0 Å². The second-order valence-electron chi connectivity index (χ2n) is 6.32.